The van der Waals surface area contributed by atoms with E-state index in [4.69, 9.17) is 0 Å². The molecule has 0 aliphatic rings. The first-order valence-corrected chi connectivity index (χ1v) is 5.42. The molecule has 0 N–H and O–H groups in total. The maximum absolute atomic E-state index is 4.54. The Morgan fingerprint density at radius 3 is 1.53 bits per heavy atom. The van der Waals surface area contributed by atoms with Crippen molar-refractivity contribution in [1.82, 2.24) is 0 Å². The third-order valence-electron chi connectivity index (χ3n) is 1.61. The summed E-state index contributed by atoms with van der Waals surface area (Å²) < 4.78 is 9.08. The van der Waals surface area contributed by atoms with Gasteiger partial charge in [-0.15, -0.1) is 0 Å². The molecule has 0 unspecified atom stereocenters. The summed E-state index contributed by atoms with van der Waals surface area (Å²) >= 11 is 0. The molecule has 0 atom stereocenters. The molecular formula is C14H24O2V. The van der Waals surface area contributed by atoms with Crippen molar-refractivity contribution in [1.29, 1.82) is 0 Å². The van der Waals surface area contributed by atoms with Crippen LogP contribution in [0.4, 0.5) is 0 Å². The van der Waals surface area contributed by atoms with Gasteiger partial charge in [0.2, 0.25) is 0 Å². The first kappa shape index (κ1) is 21.7. The minimum Gasteiger partial charge on any atom is -0.385 e. The van der Waals surface area contributed by atoms with Gasteiger partial charge in [-0.05, 0) is 19.4 Å². The molecule has 1 rings (SSSR count). The number of ether oxygens (including phenoxy) is 2. The molecular weight excluding hydrogens is 251 g/mol. The minimum atomic E-state index is 0. The molecule has 0 fully saturated rings. The van der Waals surface area contributed by atoms with E-state index >= 15 is 0 Å². The molecule has 1 aromatic rings. The zero-order valence-electron chi connectivity index (χ0n) is 11.3. The van der Waals surface area contributed by atoms with Gasteiger partial charge in [-0.2, -0.15) is 0 Å². The Balaban J connectivity index is -0.000000189. The second-order valence-corrected chi connectivity index (χ2v) is 2.77. The fraction of sp³-hybridized carbons (Fsp3) is 0.429. The van der Waals surface area contributed by atoms with Crippen molar-refractivity contribution in [2.45, 2.75) is 13.8 Å². The van der Waals surface area contributed by atoms with Crippen LogP contribution in [0.25, 0.3) is 6.08 Å². The number of rotatable bonds is 3. The van der Waals surface area contributed by atoms with Crippen LogP contribution in [-0.4, -0.2) is 27.4 Å². The number of hydrogen-bond acceptors (Lipinski definition) is 2. The zero-order chi connectivity index (χ0) is 12.6. The van der Waals surface area contributed by atoms with Gasteiger partial charge in [0, 0.05) is 46.0 Å². The molecule has 17 heavy (non-hydrogen) atoms. The molecule has 0 saturated carbocycles. The summed E-state index contributed by atoms with van der Waals surface area (Å²) in [5.41, 5.74) is 1.17. The molecule has 3 heteroatoms. The smallest absolute Gasteiger partial charge is 0.0433 e. The third kappa shape index (κ3) is 21.3. The Kier molecular flexibility index (Phi) is 26.6. The average molecular weight is 275 g/mol. The Morgan fingerprint density at radius 1 is 1.00 bits per heavy atom. The van der Waals surface area contributed by atoms with Crippen molar-refractivity contribution in [3.05, 3.63) is 42.5 Å². The Hall–Kier alpha value is -0.536. The van der Waals surface area contributed by atoms with Crippen molar-refractivity contribution in [3.8, 4) is 0 Å². The standard InChI is InChI=1S/C8H8.2C3H8O.V/c1-2-8-6-4-3-5-7-8;2*1-3-4-2;/h2-7H,1H2;2*3H2,1-2H3;. The first-order chi connectivity index (χ1) is 7.76. The molecule has 1 aromatic carbocycles. The predicted molar refractivity (Wildman–Crippen MR) is 71.6 cm³/mol. The SMILES string of the molecule is C=Cc1ccccc1.CCOC.CCOC.[V]. The van der Waals surface area contributed by atoms with Crippen molar-refractivity contribution in [3.63, 3.8) is 0 Å². The first-order valence-electron chi connectivity index (χ1n) is 5.42. The van der Waals surface area contributed by atoms with Crippen LogP contribution in [0, 0.1) is 0 Å². The van der Waals surface area contributed by atoms with E-state index in [2.05, 4.69) is 16.1 Å². The van der Waals surface area contributed by atoms with Crippen molar-refractivity contribution in [2.24, 2.45) is 0 Å². The van der Waals surface area contributed by atoms with Gasteiger partial charge >= 0.3 is 0 Å². The summed E-state index contributed by atoms with van der Waals surface area (Å²) in [4.78, 5) is 0. The molecule has 0 aromatic heterocycles. The van der Waals surface area contributed by atoms with Gasteiger partial charge in [-0.3, -0.25) is 0 Å². The van der Waals surface area contributed by atoms with Gasteiger partial charge in [0.1, 0.15) is 0 Å². The van der Waals surface area contributed by atoms with Crippen molar-refractivity contribution < 1.29 is 28.0 Å². The van der Waals surface area contributed by atoms with Crippen LogP contribution in [0.5, 0.6) is 0 Å². The monoisotopic (exact) mass is 275 g/mol. The van der Waals surface area contributed by atoms with Gasteiger partial charge in [0.05, 0.1) is 0 Å². The van der Waals surface area contributed by atoms with Crippen molar-refractivity contribution in [2.75, 3.05) is 27.4 Å². The van der Waals surface area contributed by atoms with Crippen LogP contribution in [0.3, 0.4) is 0 Å². The van der Waals surface area contributed by atoms with E-state index in [-0.39, 0.29) is 18.6 Å². The van der Waals surface area contributed by atoms with Crippen LogP contribution in [0.15, 0.2) is 36.9 Å². The Labute approximate surface area is 118 Å². The molecule has 0 bridgehead atoms. The molecule has 0 saturated heterocycles. The van der Waals surface area contributed by atoms with Gasteiger partial charge in [0.25, 0.3) is 0 Å². The quantitative estimate of drug-likeness (QED) is 0.838. The summed E-state index contributed by atoms with van der Waals surface area (Å²) in [5.74, 6) is 0. The number of methoxy groups -OCH3 is 2. The second kappa shape index (κ2) is 20.8. The normalized spacial score (nSPS) is 7.53. The van der Waals surface area contributed by atoms with Crippen LogP contribution in [0.2, 0.25) is 0 Å². The largest absolute Gasteiger partial charge is 0.385 e. The fourth-order valence-electron chi connectivity index (χ4n) is 0.589. The third-order valence-corrected chi connectivity index (χ3v) is 1.61. The molecule has 2 nitrogen and oxygen atoms in total. The van der Waals surface area contributed by atoms with E-state index in [0.717, 1.165) is 13.2 Å². The zero-order valence-corrected chi connectivity index (χ0v) is 12.7. The van der Waals surface area contributed by atoms with Gasteiger partial charge in [-0.1, -0.05) is 43.0 Å². The molecule has 97 valence electrons. The van der Waals surface area contributed by atoms with E-state index < -0.39 is 0 Å². The van der Waals surface area contributed by atoms with Crippen LogP contribution < -0.4 is 0 Å². The molecule has 0 spiro atoms. The number of benzene rings is 1. The maximum atomic E-state index is 4.54. The summed E-state index contributed by atoms with van der Waals surface area (Å²) in [5, 5.41) is 0. The second-order valence-electron chi connectivity index (χ2n) is 2.77. The van der Waals surface area contributed by atoms with E-state index in [1.54, 1.807) is 14.2 Å². The van der Waals surface area contributed by atoms with Gasteiger partial charge < -0.3 is 9.47 Å². The Bertz CT molecular complexity index is 217. The molecule has 0 heterocycles. The maximum Gasteiger partial charge on any atom is 0.0433 e. The summed E-state index contributed by atoms with van der Waals surface area (Å²) in [6, 6.07) is 10.0. The molecule has 0 aliphatic heterocycles. The number of hydrogen-bond donors (Lipinski definition) is 0. The van der Waals surface area contributed by atoms with Crippen molar-refractivity contribution >= 4 is 6.08 Å². The fourth-order valence-corrected chi connectivity index (χ4v) is 0.589. The van der Waals surface area contributed by atoms with E-state index in [1.807, 2.05) is 50.3 Å². The van der Waals surface area contributed by atoms with Crippen LogP contribution in [-0.2, 0) is 28.0 Å². The molecule has 0 aliphatic carbocycles. The summed E-state index contributed by atoms with van der Waals surface area (Å²) in [6.07, 6.45) is 1.83. The topological polar surface area (TPSA) is 18.5 Å². The van der Waals surface area contributed by atoms with Gasteiger partial charge in [-0.25, -0.2) is 0 Å². The van der Waals surface area contributed by atoms with E-state index in [9.17, 15) is 0 Å². The molecule has 0 amide bonds. The summed E-state index contributed by atoms with van der Waals surface area (Å²) in [7, 11) is 3.36. The van der Waals surface area contributed by atoms with Crippen LogP contribution in [0.1, 0.15) is 19.4 Å². The predicted octanol–water partition coefficient (Wildman–Crippen LogP) is 3.63. The average Bonchev–Trinajstić information content (AvgIpc) is 2.40. The Morgan fingerprint density at radius 2 is 1.35 bits per heavy atom. The van der Waals surface area contributed by atoms with Crippen LogP contribution >= 0.6 is 0 Å². The molecule has 1 radical (unpaired) electrons. The van der Waals surface area contributed by atoms with Gasteiger partial charge in [0.15, 0.2) is 0 Å². The summed E-state index contributed by atoms with van der Waals surface area (Å²) in [6.45, 7) is 9.19. The van der Waals surface area contributed by atoms with E-state index in [0.29, 0.717) is 0 Å². The minimum absolute atomic E-state index is 0. The van der Waals surface area contributed by atoms with E-state index in [1.165, 1.54) is 5.56 Å².